The Hall–Kier alpha value is -3.19. The number of ether oxygens (including phenoxy) is 1. The van der Waals surface area contributed by atoms with E-state index in [0.29, 0.717) is 25.4 Å². The number of hydrogen-bond acceptors (Lipinski definition) is 5. The summed E-state index contributed by atoms with van der Waals surface area (Å²) >= 11 is 0. The van der Waals surface area contributed by atoms with E-state index >= 15 is 0 Å². The van der Waals surface area contributed by atoms with Crippen LogP contribution in [-0.2, 0) is 22.5 Å². The minimum absolute atomic E-state index is 0.126. The summed E-state index contributed by atoms with van der Waals surface area (Å²) in [5.74, 6) is -0.415. The van der Waals surface area contributed by atoms with Crippen LogP contribution in [0.15, 0.2) is 48.7 Å². The normalized spacial score (nSPS) is 11.1. The van der Waals surface area contributed by atoms with Crippen LogP contribution in [0.25, 0.3) is 5.65 Å². The average Bonchev–Trinajstić information content (AvgIpc) is 3.12. The maximum Gasteiger partial charge on any atom is 0.320 e. The maximum atomic E-state index is 13.3. The third-order valence-electron chi connectivity index (χ3n) is 5.20. The number of amides is 1. The first-order chi connectivity index (χ1) is 14.9. The Bertz CT molecular complexity index is 1050. The lowest BCUT2D eigenvalue weighted by molar-refractivity contribution is -0.144. The first-order valence-corrected chi connectivity index (χ1v) is 10.5. The Kier molecular flexibility index (Phi) is 7.41. The summed E-state index contributed by atoms with van der Waals surface area (Å²) in [4.78, 5) is 33.4. The van der Waals surface area contributed by atoms with Crippen LogP contribution in [0.3, 0.4) is 0 Å². The number of pyridine rings is 1. The van der Waals surface area contributed by atoms with Crippen molar-refractivity contribution in [3.63, 3.8) is 0 Å². The predicted octanol–water partition coefficient (Wildman–Crippen LogP) is 2.95. The topological polar surface area (TPSA) is 67.2 Å². The fourth-order valence-corrected chi connectivity index (χ4v) is 3.54. The van der Waals surface area contributed by atoms with Crippen molar-refractivity contribution in [3.05, 3.63) is 71.2 Å². The van der Waals surface area contributed by atoms with Crippen molar-refractivity contribution in [2.24, 2.45) is 0 Å². The van der Waals surface area contributed by atoms with Crippen LogP contribution < -0.4 is 0 Å². The van der Waals surface area contributed by atoms with Gasteiger partial charge in [-0.25, -0.2) is 4.98 Å². The van der Waals surface area contributed by atoms with Gasteiger partial charge in [-0.1, -0.05) is 36.4 Å². The molecule has 7 heteroatoms. The van der Waals surface area contributed by atoms with Crippen molar-refractivity contribution < 1.29 is 14.3 Å². The van der Waals surface area contributed by atoms with Crippen molar-refractivity contribution in [3.8, 4) is 0 Å². The molecular weight excluding hydrogens is 392 g/mol. The van der Waals surface area contributed by atoms with E-state index in [1.165, 1.54) is 5.56 Å². The number of esters is 1. The molecule has 0 atom stereocenters. The average molecular weight is 423 g/mol. The molecule has 0 saturated carbocycles. The summed E-state index contributed by atoms with van der Waals surface area (Å²) in [6.07, 6.45) is 2.68. The summed E-state index contributed by atoms with van der Waals surface area (Å²) in [6, 6.07) is 14.0. The molecule has 0 aliphatic rings. The third kappa shape index (κ3) is 5.49. The maximum absolute atomic E-state index is 13.3. The molecule has 0 aliphatic carbocycles. The van der Waals surface area contributed by atoms with Crippen LogP contribution in [0.2, 0.25) is 0 Å². The molecule has 0 fully saturated rings. The Morgan fingerprint density at radius 1 is 1.10 bits per heavy atom. The summed E-state index contributed by atoms with van der Waals surface area (Å²) in [6.45, 7) is 5.24. The number of aryl methyl sites for hydroxylation is 1. The number of hydrogen-bond donors (Lipinski definition) is 0. The van der Waals surface area contributed by atoms with E-state index in [2.05, 4.69) is 17.1 Å². The molecule has 0 aliphatic heterocycles. The van der Waals surface area contributed by atoms with Crippen molar-refractivity contribution in [1.29, 1.82) is 0 Å². The fourth-order valence-electron chi connectivity index (χ4n) is 3.54. The smallest absolute Gasteiger partial charge is 0.320 e. The van der Waals surface area contributed by atoms with Crippen molar-refractivity contribution in [2.45, 2.75) is 26.8 Å². The van der Waals surface area contributed by atoms with E-state index in [-0.39, 0.29) is 18.4 Å². The van der Waals surface area contributed by atoms with Gasteiger partial charge in [0.25, 0.3) is 5.91 Å². The van der Waals surface area contributed by atoms with Gasteiger partial charge in [-0.15, -0.1) is 0 Å². The Morgan fingerprint density at radius 2 is 1.84 bits per heavy atom. The quantitative estimate of drug-likeness (QED) is 0.496. The number of aromatic nitrogens is 2. The molecule has 3 aromatic rings. The summed E-state index contributed by atoms with van der Waals surface area (Å²) in [7, 11) is 3.63. The van der Waals surface area contributed by atoms with Crippen molar-refractivity contribution in [2.75, 3.05) is 33.8 Å². The van der Waals surface area contributed by atoms with Crippen molar-refractivity contribution in [1.82, 2.24) is 19.2 Å². The number of fused-ring (bicyclic) bond motifs is 1. The molecule has 1 aromatic carbocycles. The molecule has 0 radical (unpaired) electrons. The highest BCUT2D eigenvalue weighted by Crippen LogP contribution is 2.19. The Balaban J connectivity index is 1.84. The van der Waals surface area contributed by atoms with Gasteiger partial charge < -0.3 is 14.0 Å². The van der Waals surface area contributed by atoms with E-state index in [1.807, 2.05) is 59.8 Å². The highest BCUT2D eigenvalue weighted by molar-refractivity contribution is 5.94. The van der Waals surface area contributed by atoms with Crippen LogP contribution in [0.5, 0.6) is 0 Å². The Labute approximate surface area is 183 Å². The van der Waals surface area contributed by atoms with Gasteiger partial charge in [0.1, 0.15) is 5.65 Å². The minimum Gasteiger partial charge on any atom is -0.465 e. The molecular formula is C24H30N4O3. The summed E-state index contributed by atoms with van der Waals surface area (Å²) in [5.41, 5.74) is 4.11. The number of nitrogens with zero attached hydrogens (tertiary/aromatic N) is 4. The fraction of sp³-hybridized carbons (Fsp3) is 0.375. The summed E-state index contributed by atoms with van der Waals surface area (Å²) < 4.78 is 6.99. The second-order valence-electron chi connectivity index (χ2n) is 7.73. The molecule has 31 heavy (non-hydrogen) atoms. The molecule has 0 N–H and O–H groups in total. The highest BCUT2D eigenvalue weighted by Gasteiger charge is 2.24. The van der Waals surface area contributed by atoms with Gasteiger partial charge in [-0.2, -0.15) is 0 Å². The number of rotatable bonds is 9. The van der Waals surface area contributed by atoms with Crippen LogP contribution >= 0.6 is 0 Å². The van der Waals surface area contributed by atoms with Crippen LogP contribution in [0.1, 0.15) is 34.2 Å². The van der Waals surface area contributed by atoms with Gasteiger partial charge in [0.05, 0.1) is 18.8 Å². The van der Waals surface area contributed by atoms with Gasteiger partial charge in [0.2, 0.25) is 0 Å². The number of benzene rings is 1. The number of carbonyl (C=O) groups is 2. The zero-order valence-corrected chi connectivity index (χ0v) is 18.7. The minimum atomic E-state index is -0.289. The predicted molar refractivity (Wildman–Crippen MR) is 120 cm³/mol. The first kappa shape index (κ1) is 22.5. The standard InChI is InChI=1S/C24H30N4O3/c1-5-31-21(29)17-26(3)16-20-22(25-23-18(2)10-9-14-28(20)23)24(30)27(4)15-13-19-11-7-6-8-12-19/h6-12,14H,5,13,15-17H2,1-4H3. The van der Waals surface area contributed by atoms with Crippen LogP contribution in [-0.4, -0.2) is 64.9 Å². The molecule has 0 unspecified atom stereocenters. The van der Waals surface area contributed by atoms with E-state index < -0.39 is 0 Å². The van der Waals surface area contributed by atoms with Crippen molar-refractivity contribution >= 4 is 17.5 Å². The third-order valence-corrected chi connectivity index (χ3v) is 5.20. The SMILES string of the molecule is CCOC(=O)CN(C)Cc1c(C(=O)N(C)CCc2ccccc2)nc2c(C)cccn12. The van der Waals surface area contributed by atoms with E-state index in [1.54, 1.807) is 18.9 Å². The molecule has 1 amide bonds. The molecule has 0 spiro atoms. The number of imidazole rings is 1. The lowest BCUT2D eigenvalue weighted by Crippen LogP contribution is -2.32. The van der Waals surface area contributed by atoms with Gasteiger partial charge in [0.15, 0.2) is 5.69 Å². The van der Waals surface area contributed by atoms with Crippen LogP contribution in [0, 0.1) is 6.92 Å². The monoisotopic (exact) mass is 422 g/mol. The largest absolute Gasteiger partial charge is 0.465 e. The Morgan fingerprint density at radius 3 is 2.55 bits per heavy atom. The first-order valence-electron chi connectivity index (χ1n) is 10.5. The zero-order valence-electron chi connectivity index (χ0n) is 18.7. The molecule has 2 heterocycles. The molecule has 7 nitrogen and oxygen atoms in total. The summed E-state index contributed by atoms with van der Waals surface area (Å²) in [5, 5.41) is 0. The number of likely N-dealkylation sites (N-methyl/N-ethyl adjacent to an activating group) is 2. The van der Waals surface area contributed by atoms with Gasteiger partial charge in [-0.05, 0) is 44.5 Å². The van der Waals surface area contributed by atoms with Gasteiger partial charge >= 0.3 is 5.97 Å². The van der Waals surface area contributed by atoms with Crippen LogP contribution in [0.4, 0.5) is 0 Å². The highest BCUT2D eigenvalue weighted by atomic mass is 16.5. The van der Waals surface area contributed by atoms with E-state index in [0.717, 1.165) is 23.3 Å². The molecule has 3 rings (SSSR count). The molecule has 2 aromatic heterocycles. The molecule has 164 valence electrons. The second kappa shape index (κ2) is 10.2. The second-order valence-corrected chi connectivity index (χ2v) is 7.73. The van der Waals surface area contributed by atoms with Gasteiger partial charge in [-0.3, -0.25) is 14.5 Å². The lowest BCUT2D eigenvalue weighted by atomic mass is 10.1. The molecule has 0 saturated heterocycles. The van der Waals surface area contributed by atoms with E-state index in [4.69, 9.17) is 4.74 Å². The number of carbonyl (C=O) groups excluding carboxylic acids is 2. The molecule has 0 bridgehead atoms. The lowest BCUT2D eigenvalue weighted by Gasteiger charge is -2.19. The van der Waals surface area contributed by atoms with E-state index in [9.17, 15) is 9.59 Å². The van der Waals surface area contributed by atoms with Gasteiger partial charge in [0, 0.05) is 26.3 Å². The zero-order chi connectivity index (χ0) is 22.4.